The minimum atomic E-state index is 0.147. The molecule has 0 bridgehead atoms. The Morgan fingerprint density at radius 2 is 2.21 bits per heavy atom. The molecule has 0 amide bonds. The summed E-state index contributed by atoms with van der Waals surface area (Å²) in [7, 11) is 1.78. The van der Waals surface area contributed by atoms with E-state index < -0.39 is 0 Å². The van der Waals surface area contributed by atoms with E-state index in [4.69, 9.17) is 4.74 Å². The van der Waals surface area contributed by atoms with Crippen LogP contribution in [0.5, 0.6) is 5.75 Å². The fraction of sp³-hybridized carbons (Fsp3) is 0.444. The first kappa shape index (κ1) is 16.8. The molecule has 1 unspecified atom stereocenters. The molecule has 1 aromatic heterocycles. The first-order valence-electron chi connectivity index (χ1n) is 8.29. The minimum Gasteiger partial charge on any atom is -0.488 e. The van der Waals surface area contributed by atoms with Crippen LogP contribution < -0.4 is 15.4 Å². The normalized spacial score (nSPS) is 16.8. The zero-order valence-corrected chi connectivity index (χ0v) is 15.2. The molecule has 2 heterocycles. The molecule has 0 saturated heterocycles. The van der Waals surface area contributed by atoms with Crippen LogP contribution in [-0.4, -0.2) is 30.6 Å². The highest BCUT2D eigenvalue weighted by atomic mass is 32.1. The Bertz CT molecular complexity index is 686. The van der Waals surface area contributed by atoms with Crippen molar-refractivity contribution in [2.24, 2.45) is 4.99 Å². The predicted molar refractivity (Wildman–Crippen MR) is 99.0 cm³/mol. The van der Waals surface area contributed by atoms with Gasteiger partial charge < -0.3 is 15.4 Å². The number of benzene rings is 1. The number of hydrogen-bond donors (Lipinski definition) is 2. The standard InChI is InChI=1S/C18H24N4OS/c1-12(2)15-11-24-17(22-15)10-21-18(19-3)20-9-14-8-13-6-4-5-7-16(13)23-14/h4-7,11-12,14H,8-10H2,1-3H3,(H2,19,20,21). The van der Waals surface area contributed by atoms with Crippen LogP contribution in [-0.2, 0) is 13.0 Å². The van der Waals surface area contributed by atoms with Crippen molar-refractivity contribution in [2.75, 3.05) is 13.6 Å². The predicted octanol–water partition coefficient (Wildman–Crippen LogP) is 2.94. The quantitative estimate of drug-likeness (QED) is 0.647. The molecule has 0 spiro atoms. The van der Waals surface area contributed by atoms with Crippen molar-refractivity contribution in [3.8, 4) is 5.75 Å². The average Bonchev–Trinajstić information content (AvgIpc) is 3.21. The van der Waals surface area contributed by atoms with Gasteiger partial charge in [0, 0.05) is 18.8 Å². The lowest BCUT2D eigenvalue weighted by atomic mass is 10.1. The zero-order valence-electron chi connectivity index (χ0n) is 14.4. The molecule has 2 aromatic rings. The lowest BCUT2D eigenvalue weighted by molar-refractivity contribution is 0.235. The van der Waals surface area contributed by atoms with Crippen LogP contribution in [0.2, 0.25) is 0 Å². The second-order valence-electron chi connectivity index (χ2n) is 6.18. The maximum atomic E-state index is 5.94. The number of aliphatic imine (C=N–C) groups is 1. The molecule has 1 aromatic carbocycles. The van der Waals surface area contributed by atoms with Crippen molar-refractivity contribution in [2.45, 2.75) is 38.8 Å². The van der Waals surface area contributed by atoms with Crippen molar-refractivity contribution in [3.63, 3.8) is 0 Å². The lowest BCUT2D eigenvalue weighted by Crippen LogP contribution is -2.41. The topological polar surface area (TPSA) is 58.5 Å². The van der Waals surface area contributed by atoms with Crippen molar-refractivity contribution in [1.82, 2.24) is 15.6 Å². The molecule has 0 saturated carbocycles. The summed E-state index contributed by atoms with van der Waals surface area (Å²) in [6.45, 7) is 5.73. The smallest absolute Gasteiger partial charge is 0.191 e. The Hall–Kier alpha value is -2.08. The lowest BCUT2D eigenvalue weighted by Gasteiger charge is -2.15. The van der Waals surface area contributed by atoms with Gasteiger partial charge in [-0.05, 0) is 17.5 Å². The average molecular weight is 344 g/mol. The van der Waals surface area contributed by atoms with E-state index >= 15 is 0 Å². The molecule has 1 aliphatic rings. The zero-order chi connectivity index (χ0) is 16.9. The van der Waals surface area contributed by atoms with Gasteiger partial charge in [0.2, 0.25) is 0 Å². The van der Waals surface area contributed by atoms with Crippen LogP contribution in [0.4, 0.5) is 0 Å². The largest absolute Gasteiger partial charge is 0.488 e. The highest BCUT2D eigenvalue weighted by Crippen LogP contribution is 2.27. The van der Waals surface area contributed by atoms with Crippen LogP contribution in [0.15, 0.2) is 34.6 Å². The summed E-state index contributed by atoms with van der Waals surface area (Å²) in [6, 6.07) is 8.21. The number of rotatable bonds is 5. The number of ether oxygens (including phenoxy) is 1. The molecular weight excluding hydrogens is 320 g/mol. The molecular formula is C18H24N4OS. The third-order valence-electron chi connectivity index (χ3n) is 4.00. The monoisotopic (exact) mass is 344 g/mol. The van der Waals surface area contributed by atoms with E-state index in [-0.39, 0.29) is 6.10 Å². The Kier molecular flexibility index (Phi) is 5.35. The maximum Gasteiger partial charge on any atom is 0.191 e. The van der Waals surface area contributed by atoms with E-state index in [1.165, 1.54) is 5.56 Å². The first-order chi connectivity index (χ1) is 11.7. The highest BCUT2D eigenvalue weighted by Gasteiger charge is 2.22. The molecule has 6 heteroatoms. The second kappa shape index (κ2) is 7.66. The fourth-order valence-electron chi connectivity index (χ4n) is 2.63. The molecule has 3 rings (SSSR count). The number of para-hydroxylation sites is 1. The number of guanidine groups is 1. The summed E-state index contributed by atoms with van der Waals surface area (Å²) in [5.74, 6) is 2.24. The van der Waals surface area contributed by atoms with Crippen LogP contribution in [0.25, 0.3) is 0 Å². The summed E-state index contributed by atoms with van der Waals surface area (Å²) < 4.78 is 5.94. The fourth-order valence-corrected chi connectivity index (χ4v) is 3.52. The molecule has 0 fully saturated rings. The molecule has 5 nitrogen and oxygen atoms in total. The number of fused-ring (bicyclic) bond motifs is 1. The molecule has 128 valence electrons. The van der Waals surface area contributed by atoms with Gasteiger partial charge >= 0.3 is 0 Å². The van der Waals surface area contributed by atoms with Crippen molar-refractivity contribution >= 4 is 17.3 Å². The van der Waals surface area contributed by atoms with Crippen LogP contribution in [0.1, 0.15) is 36.0 Å². The number of hydrogen-bond acceptors (Lipinski definition) is 4. The third-order valence-corrected chi connectivity index (χ3v) is 4.87. The van der Waals surface area contributed by atoms with Gasteiger partial charge in [-0.15, -0.1) is 11.3 Å². The van der Waals surface area contributed by atoms with Crippen molar-refractivity contribution in [3.05, 3.63) is 45.9 Å². The van der Waals surface area contributed by atoms with Gasteiger partial charge in [-0.1, -0.05) is 32.0 Å². The summed E-state index contributed by atoms with van der Waals surface area (Å²) >= 11 is 1.68. The van der Waals surface area contributed by atoms with E-state index in [1.807, 2.05) is 12.1 Å². The van der Waals surface area contributed by atoms with Gasteiger partial charge in [-0.25, -0.2) is 4.98 Å². The van der Waals surface area contributed by atoms with E-state index in [0.29, 0.717) is 12.5 Å². The Labute approximate surface area is 147 Å². The van der Waals surface area contributed by atoms with Gasteiger partial charge in [0.05, 0.1) is 18.8 Å². The Morgan fingerprint density at radius 1 is 1.38 bits per heavy atom. The molecule has 2 N–H and O–H groups in total. The molecule has 1 aliphatic heterocycles. The van der Waals surface area contributed by atoms with Crippen molar-refractivity contribution in [1.29, 1.82) is 0 Å². The van der Waals surface area contributed by atoms with E-state index in [1.54, 1.807) is 18.4 Å². The summed E-state index contributed by atoms with van der Waals surface area (Å²) in [6.07, 6.45) is 1.08. The van der Waals surface area contributed by atoms with Gasteiger partial charge in [0.25, 0.3) is 0 Å². The molecule has 0 aliphatic carbocycles. The van der Waals surface area contributed by atoms with Crippen LogP contribution in [0, 0.1) is 0 Å². The van der Waals surface area contributed by atoms with Gasteiger partial charge in [0.1, 0.15) is 16.9 Å². The number of aromatic nitrogens is 1. The second-order valence-corrected chi connectivity index (χ2v) is 7.12. The van der Waals surface area contributed by atoms with Gasteiger partial charge in [0.15, 0.2) is 5.96 Å². The Morgan fingerprint density at radius 3 is 2.92 bits per heavy atom. The van der Waals surface area contributed by atoms with Gasteiger partial charge in [-0.3, -0.25) is 4.99 Å². The first-order valence-corrected chi connectivity index (χ1v) is 9.17. The third kappa shape index (κ3) is 4.06. The van der Waals surface area contributed by atoms with Crippen LogP contribution in [0.3, 0.4) is 0 Å². The Balaban J connectivity index is 1.46. The summed E-state index contributed by atoms with van der Waals surface area (Å²) in [5, 5.41) is 9.85. The van der Waals surface area contributed by atoms with E-state index in [9.17, 15) is 0 Å². The molecule has 24 heavy (non-hydrogen) atoms. The number of nitrogens with zero attached hydrogens (tertiary/aromatic N) is 2. The summed E-state index contributed by atoms with van der Waals surface area (Å²) in [4.78, 5) is 8.90. The van der Waals surface area contributed by atoms with E-state index in [0.717, 1.165) is 35.4 Å². The number of nitrogens with one attached hydrogen (secondary N) is 2. The van der Waals surface area contributed by atoms with E-state index in [2.05, 4.69) is 52.0 Å². The minimum absolute atomic E-state index is 0.147. The maximum absolute atomic E-state index is 5.94. The summed E-state index contributed by atoms with van der Waals surface area (Å²) in [5.41, 5.74) is 2.42. The molecule has 0 radical (unpaired) electrons. The highest BCUT2D eigenvalue weighted by molar-refractivity contribution is 7.09. The van der Waals surface area contributed by atoms with Crippen LogP contribution >= 0.6 is 11.3 Å². The van der Waals surface area contributed by atoms with Crippen molar-refractivity contribution < 1.29 is 4.74 Å². The van der Waals surface area contributed by atoms with Gasteiger partial charge in [-0.2, -0.15) is 0 Å². The SMILES string of the molecule is CN=C(NCc1nc(C(C)C)cs1)NCC1Cc2ccccc2O1. The molecule has 1 atom stereocenters. The number of thiazole rings is 1.